The fourth-order valence-electron chi connectivity index (χ4n) is 2.23. The molecule has 0 heterocycles. The molecule has 1 aromatic rings. The maximum atomic E-state index is 5.39. The van der Waals surface area contributed by atoms with Gasteiger partial charge in [0.15, 0.2) is 0 Å². The van der Waals surface area contributed by atoms with Gasteiger partial charge in [-0.1, -0.05) is 30.9 Å². The number of anilines is 1. The van der Waals surface area contributed by atoms with Crippen LogP contribution in [0, 0.1) is 0 Å². The number of rotatable bonds is 12. The molecule has 0 saturated carbocycles. The first-order valence-electron chi connectivity index (χ1n) is 7.53. The minimum Gasteiger partial charge on any atom is -0.383 e. The molecule has 0 spiro atoms. The first-order chi connectivity index (χ1) is 10.7. The minimum absolute atomic E-state index is 0.816. The van der Waals surface area contributed by atoms with Crippen molar-refractivity contribution in [1.82, 2.24) is 5.32 Å². The van der Waals surface area contributed by atoms with Gasteiger partial charge in [0.1, 0.15) is 0 Å². The van der Waals surface area contributed by atoms with Crippen molar-refractivity contribution in [3.05, 3.63) is 36.4 Å². The van der Waals surface area contributed by atoms with Crippen molar-refractivity contribution in [3.63, 3.8) is 0 Å². The number of para-hydroxylation sites is 1. The average Bonchev–Trinajstić information content (AvgIpc) is 2.58. The van der Waals surface area contributed by atoms with Crippen LogP contribution in [0.1, 0.15) is 12.0 Å². The molecule has 0 aromatic heterocycles. The van der Waals surface area contributed by atoms with Crippen LogP contribution in [0.4, 0.5) is 5.69 Å². The van der Waals surface area contributed by atoms with Crippen molar-refractivity contribution in [2.24, 2.45) is 0 Å². The van der Waals surface area contributed by atoms with E-state index in [9.17, 15) is 0 Å². The highest BCUT2D eigenvalue weighted by Gasteiger charge is 2.36. The maximum Gasteiger partial charge on any atom is 0.500 e. The van der Waals surface area contributed by atoms with E-state index in [1.807, 2.05) is 24.3 Å². The van der Waals surface area contributed by atoms with Gasteiger partial charge >= 0.3 is 8.80 Å². The molecule has 0 unspecified atom stereocenters. The molecule has 0 fully saturated rings. The summed E-state index contributed by atoms with van der Waals surface area (Å²) < 4.78 is 16.2. The van der Waals surface area contributed by atoms with Crippen LogP contribution in [-0.2, 0) is 13.3 Å². The Labute approximate surface area is 135 Å². The third-order valence-corrected chi connectivity index (χ3v) is 6.40. The van der Waals surface area contributed by atoms with E-state index in [4.69, 9.17) is 13.3 Å². The molecular weight excluding hydrogens is 296 g/mol. The molecule has 0 aliphatic heterocycles. The van der Waals surface area contributed by atoms with Crippen molar-refractivity contribution >= 4 is 20.6 Å². The Morgan fingerprint density at radius 1 is 1.05 bits per heavy atom. The van der Waals surface area contributed by atoms with E-state index in [2.05, 4.69) is 23.3 Å². The van der Waals surface area contributed by atoms with Crippen LogP contribution in [0.5, 0.6) is 0 Å². The van der Waals surface area contributed by atoms with Gasteiger partial charge in [-0.05, 0) is 24.6 Å². The first kappa shape index (κ1) is 18.9. The number of hydrogen-bond acceptors (Lipinski definition) is 5. The predicted octanol–water partition coefficient (Wildman–Crippen LogP) is 2.60. The average molecular weight is 324 g/mol. The van der Waals surface area contributed by atoms with E-state index in [0.717, 1.165) is 43.4 Å². The molecule has 5 nitrogen and oxygen atoms in total. The van der Waals surface area contributed by atoms with E-state index >= 15 is 0 Å². The molecule has 124 valence electrons. The lowest BCUT2D eigenvalue weighted by atomic mass is 10.2. The van der Waals surface area contributed by atoms with Crippen molar-refractivity contribution in [3.8, 4) is 0 Å². The highest BCUT2D eigenvalue weighted by Crippen LogP contribution is 2.15. The standard InChI is InChI=1S/C16H28N2O3Si/c1-5-15-9-6-7-10-16(15)18-13-12-17-11-8-14-22(19-2,20-3)21-4/h5-7,9-10,17-18H,1,8,11-14H2,2-4H3. The molecule has 22 heavy (non-hydrogen) atoms. The van der Waals surface area contributed by atoms with Crippen molar-refractivity contribution < 1.29 is 13.3 Å². The van der Waals surface area contributed by atoms with Crippen LogP contribution < -0.4 is 10.6 Å². The zero-order valence-electron chi connectivity index (χ0n) is 13.9. The van der Waals surface area contributed by atoms with Crippen molar-refractivity contribution in [2.75, 3.05) is 46.3 Å². The Balaban J connectivity index is 2.17. The molecule has 0 atom stereocenters. The van der Waals surface area contributed by atoms with Crippen LogP contribution in [0.25, 0.3) is 6.08 Å². The molecular formula is C16H28N2O3Si. The van der Waals surface area contributed by atoms with Crippen LogP contribution in [0.2, 0.25) is 6.04 Å². The van der Waals surface area contributed by atoms with Crippen LogP contribution >= 0.6 is 0 Å². The summed E-state index contributed by atoms with van der Waals surface area (Å²) in [7, 11) is 2.52. The first-order valence-corrected chi connectivity index (χ1v) is 9.46. The van der Waals surface area contributed by atoms with E-state index in [1.165, 1.54) is 0 Å². The van der Waals surface area contributed by atoms with Gasteiger partial charge in [0.2, 0.25) is 0 Å². The molecule has 6 heteroatoms. The summed E-state index contributed by atoms with van der Waals surface area (Å²) in [6.45, 7) is 6.50. The third kappa shape index (κ3) is 5.90. The lowest BCUT2D eigenvalue weighted by Crippen LogP contribution is -2.43. The Hall–Kier alpha value is -1.18. The van der Waals surface area contributed by atoms with E-state index in [0.29, 0.717) is 0 Å². The summed E-state index contributed by atoms with van der Waals surface area (Å²) in [4.78, 5) is 0. The highest BCUT2D eigenvalue weighted by atomic mass is 28.4. The fraction of sp³-hybridized carbons (Fsp3) is 0.500. The second kappa shape index (κ2) is 10.5. The molecule has 0 saturated heterocycles. The van der Waals surface area contributed by atoms with E-state index in [1.54, 1.807) is 21.3 Å². The van der Waals surface area contributed by atoms with Gasteiger partial charge in [-0.25, -0.2) is 0 Å². The smallest absolute Gasteiger partial charge is 0.383 e. The maximum absolute atomic E-state index is 5.39. The number of hydrogen-bond donors (Lipinski definition) is 2. The highest BCUT2D eigenvalue weighted by molar-refractivity contribution is 6.60. The molecule has 1 rings (SSSR count). The Morgan fingerprint density at radius 3 is 2.36 bits per heavy atom. The molecule has 0 aliphatic rings. The molecule has 0 radical (unpaired) electrons. The summed E-state index contributed by atoms with van der Waals surface area (Å²) in [6.07, 6.45) is 2.82. The second-order valence-corrected chi connectivity index (χ2v) is 7.96. The summed E-state index contributed by atoms with van der Waals surface area (Å²) >= 11 is 0. The largest absolute Gasteiger partial charge is 0.500 e. The van der Waals surface area contributed by atoms with E-state index < -0.39 is 8.80 Å². The zero-order valence-corrected chi connectivity index (χ0v) is 14.9. The van der Waals surface area contributed by atoms with Gasteiger partial charge < -0.3 is 23.9 Å². The monoisotopic (exact) mass is 324 g/mol. The SMILES string of the molecule is C=Cc1ccccc1NCCNCCC[Si](OC)(OC)OC. The Kier molecular flexibility index (Phi) is 9.03. The molecule has 1 aromatic carbocycles. The Bertz CT molecular complexity index is 431. The number of nitrogens with one attached hydrogen (secondary N) is 2. The zero-order chi connectivity index (χ0) is 16.3. The van der Waals surface area contributed by atoms with Crippen LogP contribution in [0.3, 0.4) is 0 Å². The van der Waals surface area contributed by atoms with Gasteiger partial charge in [-0.2, -0.15) is 0 Å². The predicted molar refractivity (Wildman–Crippen MR) is 94.1 cm³/mol. The summed E-state index contributed by atoms with van der Waals surface area (Å²) in [5, 5.41) is 6.81. The molecule has 0 amide bonds. The summed E-state index contributed by atoms with van der Waals surface area (Å²) in [6, 6.07) is 8.96. The summed E-state index contributed by atoms with van der Waals surface area (Å²) in [5.41, 5.74) is 2.24. The lowest BCUT2D eigenvalue weighted by molar-refractivity contribution is 0.123. The molecule has 2 N–H and O–H groups in total. The lowest BCUT2D eigenvalue weighted by Gasteiger charge is -2.24. The minimum atomic E-state index is -2.42. The normalized spacial score (nSPS) is 11.4. The van der Waals surface area contributed by atoms with Crippen LogP contribution in [-0.4, -0.2) is 49.8 Å². The van der Waals surface area contributed by atoms with Gasteiger partial charge in [-0.15, -0.1) is 0 Å². The third-order valence-electron chi connectivity index (χ3n) is 3.57. The van der Waals surface area contributed by atoms with Crippen molar-refractivity contribution in [1.29, 1.82) is 0 Å². The topological polar surface area (TPSA) is 51.8 Å². The van der Waals surface area contributed by atoms with Gasteiger partial charge in [0.25, 0.3) is 0 Å². The quantitative estimate of drug-likeness (QED) is 0.457. The molecule has 0 aliphatic carbocycles. The van der Waals surface area contributed by atoms with Gasteiger partial charge in [0.05, 0.1) is 0 Å². The second-order valence-electron chi connectivity index (χ2n) is 4.87. The van der Waals surface area contributed by atoms with Crippen molar-refractivity contribution in [2.45, 2.75) is 12.5 Å². The van der Waals surface area contributed by atoms with E-state index in [-0.39, 0.29) is 0 Å². The summed E-state index contributed by atoms with van der Waals surface area (Å²) in [5.74, 6) is 0. The fourth-order valence-corrected chi connectivity index (χ4v) is 3.95. The van der Waals surface area contributed by atoms with Gasteiger partial charge in [0, 0.05) is 46.2 Å². The molecule has 0 bridgehead atoms. The Morgan fingerprint density at radius 2 is 1.73 bits per heavy atom. The number of benzene rings is 1. The van der Waals surface area contributed by atoms with Crippen LogP contribution in [0.15, 0.2) is 30.8 Å². The van der Waals surface area contributed by atoms with Gasteiger partial charge in [-0.3, -0.25) is 0 Å².